The van der Waals surface area contributed by atoms with Crippen LogP contribution in [0.2, 0.25) is 5.15 Å². The molecule has 0 radical (unpaired) electrons. The Kier molecular flexibility index (Phi) is 3.87. The summed E-state index contributed by atoms with van der Waals surface area (Å²) >= 11 is 6.47. The molecular formula is C13H13ClN2O2S. The van der Waals surface area contributed by atoms with Gasteiger partial charge >= 0.3 is 0 Å². The highest BCUT2D eigenvalue weighted by Gasteiger charge is 2.14. The number of rotatable bonds is 2. The molecule has 100 valence electrons. The highest BCUT2D eigenvalue weighted by molar-refractivity contribution is 6.99. The SMILES string of the molecule is CC(C)(C)c1ccc(Oc2nsnc(Cl)c2=O)cc1. The van der Waals surface area contributed by atoms with Gasteiger partial charge in [0.2, 0.25) is 0 Å². The van der Waals surface area contributed by atoms with Crippen LogP contribution in [0.25, 0.3) is 0 Å². The topological polar surface area (TPSA) is 52.1 Å². The minimum Gasteiger partial charge on any atom is -0.435 e. The summed E-state index contributed by atoms with van der Waals surface area (Å²) in [6.45, 7) is 6.39. The van der Waals surface area contributed by atoms with Gasteiger partial charge in [-0.25, -0.2) is 0 Å². The van der Waals surface area contributed by atoms with Gasteiger partial charge in [-0.3, -0.25) is 4.79 Å². The van der Waals surface area contributed by atoms with Crippen molar-refractivity contribution in [3.8, 4) is 11.6 Å². The van der Waals surface area contributed by atoms with Gasteiger partial charge in [0, 0.05) is 0 Å². The second-order valence-corrected chi connectivity index (χ2v) is 5.95. The minimum absolute atomic E-state index is 0.0477. The van der Waals surface area contributed by atoms with Crippen molar-refractivity contribution in [2.45, 2.75) is 26.2 Å². The molecule has 1 aromatic heterocycles. The number of hydrogen-bond donors (Lipinski definition) is 0. The molecule has 19 heavy (non-hydrogen) atoms. The van der Waals surface area contributed by atoms with E-state index in [1.807, 2.05) is 12.1 Å². The lowest BCUT2D eigenvalue weighted by atomic mass is 9.87. The maximum atomic E-state index is 11.6. The number of benzene rings is 1. The molecule has 1 aromatic carbocycles. The highest BCUT2D eigenvalue weighted by Crippen LogP contribution is 2.25. The molecule has 2 aromatic rings. The normalized spacial score (nSPS) is 11.4. The zero-order chi connectivity index (χ0) is 14.0. The Morgan fingerprint density at radius 1 is 1.16 bits per heavy atom. The van der Waals surface area contributed by atoms with E-state index in [9.17, 15) is 4.79 Å². The monoisotopic (exact) mass is 296 g/mol. The van der Waals surface area contributed by atoms with Crippen molar-refractivity contribution in [1.29, 1.82) is 0 Å². The molecule has 0 bridgehead atoms. The molecule has 0 aliphatic carbocycles. The zero-order valence-corrected chi connectivity index (χ0v) is 12.4. The fourth-order valence-electron chi connectivity index (χ4n) is 1.46. The van der Waals surface area contributed by atoms with Crippen LogP contribution in [-0.4, -0.2) is 8.75 Å². The molecule has 2 rings (SSSR count). The Hall–Kier alpha value is -1.46. The Morgan fingerprint density at radius 3 is 2.37 bits per heavy atom. The van der Waals surface area contributed by atoms with Crippen molar-refractivity contribution in [2.24, 2.45) is 0 Å². The summed E-state index contributed by atoms with van der Waals surface area (Å²) in [5.41, 5.74) is 0.758. The molecule has 0 fully saturated rings. The lowest BCUT2D eigenvalue weighted by Crippen LogP contribution is -2.11. The summed E-state index contributed by atoms with van der Waals surface area (Å²) in [7, 11) is 0. The lowest BCUT2D eigenvalue weighted by Gasteiger charge is -2.18. The second kappa shape index (κ2) is 5.27. The van der Waals surface area contributed by atoms with Crippen molar-refractivity contribution < 1.29 is 4.74 Å². The Bertz CT molecular complexity index is 632. The van der Waals surface area contributed by atoms with Crippen LogP contribution in [0.1, 0.15) is 26.3 Å². The molecule has 6 heteroatoms. The van der Waals surface area contributed by atoms with Gasteiger partial charge in [-0.1, -0.05) is 44.5 Å². The lowest BCUT2D eigenvalue weighted by molar-refractivity contribution is 0.461. The van der Waals surface area contributed by atoms with E-state index in [1.165, 1.54) is 5.56 Å². The number of aromatic nitrogens is 2. The van der Waals surface area contributed by atoms with Crippen LogP contribution < -0.4 is 10.2 Å². The molecule has 0 unspecified atom stereocenters. The average molecular weight is 297 g/mol. The third-order valence-corrected chi connectivity index (χ3v) is 3.43. The predicted molar refractivity (Wildman–Crippen MR) is 76.4 cm³/mol. The predicted octanol–water partition coefficient (Wildman–Crippen LogP) is 3.64. The molecule has 0 saturated heterocycles. The summed E-state index contributed by atoms with van der Waals surface area (Å²) in [5, 5.41) is -0.124. The van der Waals surface area contributed by atoms with Crippen LogP contribution in [0.5, 0.6) is 11.6 Å². The van der Waals surface area contributed by atoms with Crippen LogP contribution in [0.3, 0.4) is 0 Å². The Labute approximate surface area is 120 Å². The minimum atomic E-state index is -0.500. The number of hydrogen-bond acceptors (Lipinski definition) is 5. The Balaban J connectivity index is 2.25. The maximum Gasteiger partial charge on any atom is 0.283 e. The third-order valence-electron chi connectivity index (χ3n) is 2.56. The van der Waals surface area contributed by atoms with Crippen molar-refractivity contribution in [2.75, 3.05) is 0 Å². The van der Waals surface area contributed by atoms with Gasteiger partial charge in [-0.05, 0) is 23.1 Å². The first-order valence-corrected chi connectivity index (χ1v) is 6.79. The van der Waals surface area contributed by atoms with Crippen LogP contribution in [-0.2, 0) is 5.41 Å². The maximum absolute atomic E-state index is 11.6. The first kappa shape index (κ1) is 14.0. The molecule has 0 spiro atoms. The van der Waals surface area contributed by atoms with E-state index in [0.29, 0.717) is 5.75 Å². The fraction of sp³-hybridized carbons (Fsp3) is 0.308. The van der Waals surface area contributed by atoms with Gasteiger partial charge in [0.05, 0.1) is 11.7 Å². The standard InChI is InChI=1S/C13H13ClN2O2S/c1-13(2,3)8-4-6-9(7-5-8)18-12-10(17)11(14)15-19-16-12/h4-7H,1-3H3. The zero-order valence-electron chi connectivity index (χ0n) is 10.8. The largest absolute Gasteiger partial charge is 0.435 e. The average Bonchev–Trinajstić information content (AvgIpc) is 2.35. The number of halogens is 1. The molecule has 1 heterocycles. The van der Waals surface area contributed by atoms with Crippen molar-refractivity contribution in [1.82, 2.24) is 8.75 Å². The summed E-state index contributed by atoms with van der Waals surface area (Å²) in [6, 6.07) is 7.54. The molecule has 0 amide bonds. The van der Waals surface area contributed by atoms with E-state index >= 15 is 0 Å². The van der Waals surface area contributed by atoms with E-state index in [2.05, 4.69) is 29.5 Å². The van der Waals surface area contributed by atoms with Crippen LogP contribution >= 0.6 is 23.3 Å². The van der Waals surface area contributed by atoms with Gasteiger partial charge in [0.25, 0.3) is 11.3 Å². The molecule has 0 atom stereocenters. The van der Waals surface area contributed by atoms with E-state index in [1.54, 1.807) is 12.1 Å². The van der Waals surface area contributed by atoms with Gasteiger partial charge < -0.3 is 4.74 Å². The van der Waals surface area contributed by atoms with Gasteiger partial charge in [-0.15, -0.1) is 4.37 Å². The van der Waals surface area contributed by atoms with Gasteiger partial charge in [0.15, 0.2) is 5.15 Å². The molecule has 0 N–H and O–H groups in total. The summed E-state index contributed by atoms with van der Waals surface area (Å²) in [6.07, 6.45) is 0. The summed E-state index contributed by atoms with van der Waals surface area (Å²) < 4.78 is 12.9. The van der Waals surface area contributed by atoms with Crippen molar-refractivity contribution >= 4 is 23.3 Å². The second-order valence-electron chi connectivity index (χ2n) is 5.07. The molecular weight excluding hydrogens is 284 g/mol. The van der Waals surface area contributed by atoms with E-state index < -0.39 is 5.43 Å². The van der Waals surface area contributed by atoms with Crippen LogP contribution in [0.4, 0.5) is 0 Å². The quantitative estimate of drug-likeness (QED) is 0.849. The first-order valence-electron chi connectivity index (χ1n) is 5.69. The number of nitrogens with zero attached hydrogens (tertiary/aromatic N) is 2. The van der Waals surface area contributed by atoms with E-state index in [0.717, 1.165) is 11.7 Å². The molecule has 0 saturated carbocycles. The van der Waals surface area contributed by atoms with Crippen LogP contribution in [0.15, 0.2) is 29.1 Å². The highest BCUT2D eigenvalue weighted by atomic mass is 35.5. The molecule has 0 aliphatic rings. The molecule has 0 aliphatic heterocycles. The molecule has 4 nitrogen and oxygen atoms in total. The van der Waals surface area contributed by atoms with E-state index in [4.69, 9.17) is 16.3 Å². The number of ether oxygens (including phenoxy) is 1. The van der Waals surface area contributed by atoms with Gasteiger partial charge in [-0.2, -0.15) is 4.37 Å². The van der Waals surface area contributed by atoms with E-state index in [-0.39, 0.29) is 16.4 Å². The van der Waals surface area contributed by atoms with Crippen molar-refractivity contribution in [3.05, 3.63) is 45.2 Å². The van der Waals surface area contributed by atoms with Crippen LogP contribution in [0, 0.1) is 0 Å². The Morgan fingerprint density at radius 2 is 1.79 bits per heavy atom. The fourth-order valence-corrected chi connectivity index (χ4v) is 2.03. The third kappa shape index (κ3) is 3.30. The van der Waals surface area contributed by atoms with Crippen molar-refractivity contribution in [3.63, 3.8) is 0 Å². The first-order chi connectivity index (χ1) is 8.88. The van der Waals surface area contributed by atoms with Gasteiger partial charge in [0.1, 0.15) is 5.75 Å². The summed E-state index contributed by atoms with van der Waals surface area (Å²) in [5.74, 6) is 0.501. The summed E-state index contributed by atoms with van der Waals surface area (Å²) in [4.78, 5) is 11.6. The smallest absolute Gasteiger partial charge is 0.283 e.